The molecule has 0 aliphatic carbocycles. The second kappa shape index (κ2) is 6.00. The number of thiazole rings is 1. The van der Waals surface area contributed by atoms with Crippen LogP contribution in [0.1, 0.15) is 11.3 Å². The van der Waals surface area contributed by atoms with Crippen molar-refractivity contribution in [2.45, 2.75) is 13.2 Å². The maximum absolute atomic E-state index is 6.14. The zero-order chi connectivity index (χ0) is 12.1. The van der Waals surface area contributed by atoms with Gasteiger partial charge in [-0.3, -0.25) is 0 Å². The summed E-state index contributed by atoms with van der Waals surface area (Å²) in [5.41, 5.74) is 3.71. The molecule has 0 spiro atoms. The predicted molar refractivity (Wildman–Crippen MR) is 70.7 cm³/mol. The zero-order valence-corrected chi connectivity index (χ0v) is 11.0. The van der Waals surface area contributed by atoms with Crippen LogP contribution in [0, 0.1) is 0 Å². The summed E-state index contributed by atoms with van der Waals surface area (Å²) in [5, 5.41) is 5.77. The van der Waals surface area contributed by atoms with Crippen molar-refractivity contribution in [3.8, 4) is 5.75 Å². The lowest BCUT2D eigenvalue weighted by Crippen LogP contribution is -2.08. The molecule has 1 N–H and O–H groups in total. The van der Waals surface area contributed by atoms with E-state index in [9.17, 15) is 0 Å². The van der Waals surface area contributed by atoms with Gasteiger partial charge >= 0.3 is 0 Å². The van der Waals surface area contributed by atoms with Crippen LogP contribution in [-0.2, 0) is 13.2 Å². The van der Waals surface area contributed by atoms with Gasteiger partial charge in [-0.15, -0.1) is 11.3 Å². The van der Waals surface area contributed by atoms with Gasteiger partial charge in [-0.25, -0.2) is 4.98 Å². The molecule has 0 fully saturated rings. The van der Waals surface area contributed by atoms with Gasteiger partial charge in [0.15, 0.2) is 0 Å². The number of hydrogen-bond acceptors (Lipinski definition) is 4. The zero-order valence-electron chi connectivity index (χ0n) is 9.44. The molecule has 0 bridgehead atoms. The highest BCUT2D eigenvalue weighted by atomic mass is 35.5. The van der Waals surface area contributed by atoms with Crippen molar-refractivity contribution in [2.75, 3.05) is 7.05 Å². The highest BCUT2D eigenvalue weighted by molar-refractivity contribution is 7.07. The van der Waals surface area contributed by atoms with E-state index in [-0.39, 0.29) is 0 Å². The summed E-state index contributed by atoms with van der Waals surface area (Å²) < 4.78 is 5.73. The average Bonchev–Trinajstić information content (AvgIpc) is 2.83. The molecular formula is C12H13ClN2OS. The smallest absolute Gasteiger partial charge is 0.131 e. The molecule has 1 aromatic carbocycles. The van der Waals surface area contributed by atoms with Gasteiger partial charge in [-0.1, -0.05) is 17.7 Å². The number of ether oxygens (including phenoxy) is 1. The SMILES string of the molecule is CNCc1c(Cl)cccc1OCc1cscn1. The molecule has 0 aliphatic heterocycles. The Morgan fingerprint density at radius 1 is 1.47 bits per heavy atom. The number of nitrogens with one attached hydrogen (secondary N) is 1. The molecule has 0 aliphatic rings. The minimum absolute atomic E-state index is 0.473. The van der Waals surface area contributed by atoms with E-state index >= 15 is 0 Å². The summed E-state index contributed by atoms with van der Waals surface area (Å²) >= 11 is 7.70. The lowest BCUT2D eigenvalue weighted by atomic mass is 10.2. The Morgan fingerprint density at radius 3 is 3.06 bits per heavy atom. The van der Waals surface area contributed by atoms with Crippen molar-refractivity contribution in [1.29, 1.82) is 0 Å². The molecule has 3 nitrogen and oxygen atoms in total. The summed E-state index contributed by atoms with van der Waals surface area (Å²) in [7, 11) is 1.88. The van der Waals surface area contributed by atoms with E-state index in [1.807, 2.05) is 30.6 Å². The van der Waals surface area contributed by atoms with Crippen LogP contribution in [0.2, 0.25) is 5.02 Å². The largest absolute Gasteiger partial charge is 0.487 e. The predicted octanol–water partition coefficient (Wildman–Crippen LogP) is 3.09. The first-order chi connectivity index (χ1) is 8.31. The van der Waals surface area contributed by atoms with E-state index in [4.69, 9.17) is 16.3 Å². The number of benzene rings is 1. The molecule has 0 unspecified atom stereocenters. The van der Waals surface area contributed by atoms with Crippen molar-refractivity contribution < 1.29 is 4.74 Å². The molecular weight excluding hydrogens is 256 g/mol. The topological polar surface area (TPSA) is 34.1 Å². The third-order valence-corrected chi connectivity index (χ3v) is 3.28. The Hall–Kier alpha value is -1.10. The second-order valence-electron chi connectivity index (χ2n) is 3.52. The van der Waals surface area contributed by atoms with Gasteiger partial charge in [0, 0.05) is 22.5 Å². The number of hydrogen-bond donors (Lipinski definition) is 1. The third-order valence-electron chi connectivity index (χ3n) is 2.29. The first-order valence-electron chi connectivity index (χ1n) is 5.23. The van der Waals surface area contributed by atoms with Gasteiger partial charge < -0.3 is 10.1 Å². The standard InChI is InChI=1S/C12H13ClN2OS/c1-14-5-10-11(13)3-2-4-12(10)16-6-9-7-17-8-15-9/h2-4,7-8,14H,5-6H2,1H3. The van der Waals surface area contributed by atoms with Crippen LogP contribution < -0.4 is 10.1 Å². The molecule has 0 saturated heterocycles. The first-order valence-corrected chi connectivity index (χ1v) is 6.55. The molecule has 2 rings (SSSR count). The Kier molecular flexibility index (Phi) is 4.36. The van der Waals surface area contributed by atoms with Gasteiger partial charge in [0.05, 0.1) is 11.2 Å². The Labute approximate surface area is 109 Å². The summed E-state index contributed by atoms with van der Waals surface area (Å²) in [6.45, 7) is 1.16. The van der Waals surface area contributed by atoms with Crippen molar-refractivity contribution in [3.05, 3.63) is 45.4 Å². The van der Waals surface area contributed by atoms with E-state index in [2.05, 4.69) is 10.3 Å². The van der Waals surface area contributed by atoms with Crippen molar-refractivity contribution in [2.24, 2.45) is 0 Å². The van der Waals surface area contributed by atoms with E-state index in [1.165, 1.54) is 0 Å². The molecule has 2 aromatic rings. The van der Waals surface area contributed by atoms with Crippen LogP contribution in [0.5, 0.6) is 5.75 Å². The molecule has 0 radical (unpaired) electrons. The van der Waals surface area contributed by atoms with E-state index in [0.29, 0.717) is 13.2 Å². The van der Waals surface area contributed by atoms with Crippen molar-refractivity contribution in [3.63, 3.8) is 0 Å². The number of aromatic nitrogens is 1. The minimum atomic E-state index is 0.473. The van der Waals surface area contributed by atoms with E-state index in [0.717, 1.165) is 22.0 Å². The Morgan fingerprint density at radius 2 is 2.35 bits per heavy atom. The van der Waals surface area contributed by atoms with Crippen molar-refractivity contribution in [1.82, 2.24) is 10.3 Å². The maximum atomic E-state index is 6.14. The Bertz CT molecular complexity index is 473. The first kappa shape index (κ1) is 12.4. The quantitative estimate of drug-likeness (QED) is 0.905. The monoisotopic (exact) mass is 268 g/mol. The summed E-state index contributed by atoms with van der Waals surface area (Å²) in [4.78, 5) is 4.17. The minimum Gasteiger partial charge on any atom is -0.487 e. The maximum Gasteiger partial charge on any atom is 0.131 e. The van der Waals surface area contributed by atoms with Gasteiger partial charge in [0.25, 0.3) is 0 Å². The molecule has 0 amide bonds. The lowest BCUT2D eigenvalue weighted by molar-refractivity contribution is 0.298. The second-order valence-corrected chi connectivity index (χ2v) is 4.64. The molecule has 0 saturated carbocycles. The van der Waals surface area contributed by atoms with Gasteiger partial charge in [-0.2, -0.15) is 0 Å². The van der Waals surface area contributed by atoms with Crippen LogP contribution in [0.3, 0.4) is 0 Å². The van der Waals surface area contributed by atoms with Gasteiger partial charge in [0.1, 0.15) is 12.4 Å². The highest BCUT2D eigenvalue weighted by Gasteiger charge is 2.07. The van der Waals surface area contributed by atoms with Crippen LogP contribution in [0.15, 0.2) is 29.1 Å². The normalized spacial score (nSPS) is 10.5. The molecule has 1 aromatic heterocycles. The average molecular weight is 269 g/mol. The van der Waals surface area contributed by atoms with Gasteiger partial charge in [-0.05, 0) is 19.2 Å². The molecule has 0 atom stereocenters. The fourth-order valence-corrected chi connectivity index (χ4v) is 2.26. The number of halogens is 1. The molecule has 1 heterocycles. The third kappa shape index (κ3) is 3.19. The van der Waals surface area contributed by atoms with E-state index < -0.39 is 0 Å². The van der Waals surface area contributed by atoms with Gasteiger partial charge in [0.2, 0.25) is 0 Å². The molecule has 5 heteroatoms. The fourth-order valence-electron chi connectivity index (χ4n) is 1.48. The van der Waals surface area contributed by atoms with Crippen LogP contribution in [0.4, 0.5) is 0 Å². The lowest BCUT2D eigenvalue weighted by Gasteiger charge is -2.11. The fraction of sp³-hybridized carbons (Fsp3) is 0.250. The number of rotatable bonds is 5. The van der Waals surface area contributed by atoms with Crippen LogP contribution >= 0.6 is 22.9 Å². The van der Waals surface area contributed by atoms with Crippen LogP contribution in [-0.4, -0.2) is 12.0 Å². The molecule has 17 heavy (non-hydrogen) atoms. The Balaban J connectivity index is 2.11. The highest BCUT2D eigenvalue weighted by Crippen LogP contribution is 2.26. The van der Waals surface area contributed by atoms with E-state index in [1.54, 1.807) is 16.8 Å². The summed E-state index contributed by atoms with van der Waals surface area (Å²) in [5.74, 6) is 0.805. The summed E-state index contributed by atoms with van der Waals surface area (Å²) in [6, 6.07) is 5.67. The summed E-state index contributed by atoms with van der Waals surface area (Å²) in [6.07, 6.45) is 0. The van der Waals surface area contributed by atoms with Crippen LogP contribution in [0.25, 0.3) is 0 Å². The molecule has 90 valence electrons. The number of nitrogens with zero attached hydrogens (tertiary/aromatic N) is 1. The van der Waals surface area contributed by atoms with Crippen molar-refractivity contribution >= 4 is 22.9 Å².